The molecular formula is C16H18F10NO7S-. The molecule has 0 saturated carbocycles. The Bertz CT molecular complexity index is 886. The Hall–Kier alpha value is -2.15. The van der Waals surface area contributed by atoms with Gasteiger partial charge in [0, 0.05) is 13.0 Å². The maximum Gasteiger partial charge on any atom is 0.466 e. The third-order valence-corrected chi connectivity index (χ3v) is 4.89. The minimum Gasteiger partial charge on any atom is -0.743 e. The average molecular weight is 558 g/mol. The van der Waals surface area contributed by atoms with Crippen molar-refractivity contribution in [3.8, 4) is 0 Å². The van der Waals surface area contributed by atoms with Crippen LogP contribution in [-0.2, 0) is 29.2 Å². The van der Waals surface area contributed by atoms with Crippen LogP contribution in [0.4, 0.5) is 43.9 Å². The van der Waals surface area contributed by atoms with Crippen molar-refractivity contribution in [2.45, 2.75) is 61.9 Å². The molecule has 0 rings (SSSR count). The zero-order chi connectivity index (χ0) is 28.1. The van der Waals surface area contributed by atoms with Gasteiger partial charge in [0.2, 0.25) is 0 Å². The molecule has 0 saturated heterocycles. The summed E-state index contributed by atoms with van der Waals surface area (Å²) < 4.78 is 170. The lowest BCUT2D eigenvalue weighted by Gasteiger charge is -2.33. The zero-order valence-electron chi connectivity index (χ0n) is 17.5. The standard InChI is InChI=1S/C16H19F10NO7S/c1-3-7-27-11(29)13(15(22,23)24,34-10(28)9(2)14(19,20)21)33-8-5-4-6-12(17,18)16(25,26)35(30,31)32/h2-8H2,1H3,(H,27,29)(H,30,31,32)/p-1. The Morgan fingerprint density at radius 1 is 0.971 bits per heavy atom. The van der Waals surface area contributed by atoms with Gasteiger partial charge in [-0.15, -0.1) is 0 Å². The molecule has 0 aromatic carbocycles. The molecule has 8 nitrogen and oxygen atoms in total. The number of unbranched alkanes of at least 4 members (excludes halogenated alkanes) is 1. The molecule has 0 aliphatic carbocycles. The van der Waals surface area contributed by atoms with Gasteiger partial charge < -0.3 is 19.3 Å². The SMILES string of the molecule is C=C(C(=O)OC(OCCCCC(F)(F)C(F)(F)S(=O)(=O)[O-])(C(=O)NCCC)C(F)(F)F)C(F)(F)F. The number of hydrogen-bond acceptors (Lipinski definition) is 7. The number of amides is 1. The highest BCUT2D eigenvalue weighted by molar-refractivity contribution is 7.86. The van der Waals surface area contributed by atoms with E-state index in [2.05, 4.69) is 16.1 Å². The summed E-state index contributed by atoms with van der Waals surface area (Å²) in [5.74, 6) is -15.2. The van der Waals surface area contributed by atoms with Crippen LogP contribution in [0.5, 0.6) is 0 Å². The molecule has 0 bridgehead atoms. The fraction of sp³-hybridized carbons (Fsp3) is 0.750. The van der Waals surface area contributed by atoms with Crippen molar-refractivity contribution in [1.82, 2.24) is 5.32 Å². The lowest BCUT2D eigenvalue weighted by atomic mass is 10.1. The molecule has 35 heavy (non-hydrogen) atoms. The van der Waals surface area contributed by atoms with Gasteiger partial charge in [-0.25, -0.2) is 13.2 Å². The molecule has 0 aromatic rings. The van der Waals surface area contributed by atoms with E-state index >= 15 is 0 Å². The molecule has 0 heterocycles. The summed E-state index contributed by atoms with van der Waals surface area (Å²) in [6.45, 7) is 1.56. The smallest absolute Gasteiger partial charge is 0.466 e. The van der Waals surface area contributed by atoms with Gasteiger partial charge in [0.15, 0.2) is 10.1 Å². The normalized spacial score (nSPS) is 15.3. The number of nitrogens with one attached hydrogen (secondary N) is 1. The Morgan fingerprint density at radius 2 is 1.49 bits per heavy atom. The van der Waals surface area contributed by atoms with Crippen molar-refractivity contribution in [2.75, 3.05) is 13.2 Å². The molecule has 0 spiro atoms. The van der Waals surface area contributed by atoms with Crippen LogP contribution in [0, 0.1) is 0 Å². The third kappa shape index (κ3) is 7.92. The molecule has 0 fully saturated rings. The van der Waals surface area contributed by atoms with Crippen molar-refractivity contribution in [1.29, 1.82) is 0 Å². The topological polar surface area (TPSA) is 122 Å². The maximum atomic E-state index is 13.7. The number of carbonyl (C=O) groups excluding carboxylic acids is 2. The molecule has 19 heteroatoms. The Kier molecular flexibility index (Phi) is 10.6. The molecule has 1 unspecified atom stereocenters. The highest BCUT2D eigenvalue weighted by Crippen LogP contribution is 2.42. The van der Waals surface area contributed by atoms with Gasteiger partial charge in [0.1, 0.15) is 5.57 Å². The van der Waals surface area contributed by atoms with E-state index in [1.54, 1.807) is 5.32 Å². The van der Waals surface area contributed by atoms with Gasteiger partial charge in [-0.05, 0) is 19.3 Å². The minimum atomic E-state index is -6.82. The summed E-state index contributed by atoms with van der Waals surface area (Å²) >= 11 is 0. The highest BCUT2D eigenvalue weighted by Gasteiger charge is 2.67. The van der Waals surface area contributed by atoms with Crippen molar-refractivity contribution in [3.63, 3.8) is 0 Å². The first kappa shape index (κ1) is 32.8. The second-order valence-corrected chi connectivity index (χ2v) is 8.14. The lowest BCUT2D eigenvalue weighted by molar-refractivity contribution is -0.347. The van der Waals surface area contributed by atoms with E-state index in [9.17, 15) is 66.5 Å². The first-order valence-corrected chi connectivity index (χ1v) is 10.6. The van der Waals surface area contributed by atoms with E-state index < -0.39 is 89.3 Å². The molecule has 0 aliphatic rings. The summed E-state index contributed by atoms with van der Waals surface area (Å²) in [5, 5.41) is -4.49. The van der Waals surface area contributed by atoms with Crippen molar-refractivity contribution < 1.29 is 75.9 Å². The summed E-state index contributed by atoms with van der Waals surface area (Å²) in [4.78, 5) is 23.7. The number of esters is 1. The Balaban J connectivity index is 5.74. The van der Waals surface area contributed by atoms with Gasteiger partial charge in [-0.2, -0.15) is 43.9 Å². The summed E-state index contributed by atoms with van der Waals surface area (Å²) in [5.41, 5.74) is -2.46. The van der Waals surface area contributed by atoms with Crippen LogP contribution in [0.2, 0.25) is 0 Å². The summed E-state index contributed by atoms with van der Waals surface area (Å²) in [6, 6.07) is 0. The molecule has 0 radical (unpaired) electrons. The fourth-order valence-corrected chi connectivity index (χ4v) is 2.53. The van der Waals surface area contributed by atoms with Crippen LogP contribution in [0.15, 0.2) is 12.2 Å². The van der Waals surface area contributed by atoms with E-state index in [0.29, 0.717) is 0 Å². The quantitative estimate of drug-likeness (QED) is 0.0919. The zero-order valence-corrected chi connectivity index (χ0v) is 18.3. The molecular weight excluding hydrogens is 540 g/mol. The number of rotatable bonds is 13. The Labute approximate surface area is 191 Å². The number of halogens is 10. The molecule has 1 atom stereocenters. The minimum absolute atomic E-state index is 0.00516. The number of ether oxygens (including phenoxy) is 2. The maximum absolute atomic E-state index is 13.7. The van der Waals surface area contributed by atoms with Crippen molar-refractivity contribution in [2.24, 2.45) is 0 Å². The Morgan fingerprint density at radius 3 is 1.89 bits per heavy atom. The molecule has 0 aromatic heterocycles. The molecule has 206 valence electrons. The van der Waals surface area contributed by atoms with Crippen LogP contribution >= 0.6 is 0 Å². The summed E-state index contributed by atoms with van der Waals surface area (Å²) in [6.07, 6.45) is -16.0. The van der Waals surface area contributed by atoms with Gasteiger partial charge in [0.05, 0.1) is 6.61 Å². The number of carbonyl (C=O) groups is 2. The largest absolute Gasteiger partial charge is 0.743 e. The van der Waals surface area contributed by atoms with Crippen LogP contribution in [0.3, 0.4) is 0 Å². The second kappa shape index (κ2) is 11.3. The number of alkyl halides is 10. The van der Waals surface area contributed by atoms with E-state index in [1.165, 1.54) is 6.92 Å². The second-order valence-electron chi connectivity index (χ2n) is 6.72. The van der Waals surface area contributed by atoms with E-state index in [-0.39, 0.29) is 6.42 Å². The third-order valence-electron chi connectivity index (χ3n) is 3.96. The predicted molar refractivity (Wildman–Crippen MR) is 92.8 cm³/mol. The van der Waals surface area contributed by atoms with Crippen LogP contribution in [0.1, 0.15) is 32.6 Å². The molecule has 1 N–H and O–H groups in total. The monoisotopic (exact) mass is 558 g/mol. The summed E-state index contributed by atoms with van der Waals surface area (Å²) in [7, 11) is -6.82. The van der Waals surface area contributed by atoms with Crippen molar-refractivity contribution in [3.05, 3.63) is 12.2 Å². The van der Waals surface area contributed by atoms with E-state index in [1.807, 2.05) is 0 Å². The van der Waals surface area contributed by atoms with Gasteiger partial charge >= 0.3 is 41.2 Å². The van der Waals surface area contributed by atoms with Gasteiger partial charge in [0.25, 0.3) is 0 Å². The first-order chi connectivity index (χ1) is 15.5. The number of hydrogen-bond donors (Lipinski definition) is 1. The van der Waals surface area contributed by atoms with E-state index in [0.717, 1.165) is 0 Å². The van der Waals surface area contributed by atoms with Crippen molar-refractivity contribution >= 4 is 22.0 Å². The molecule has 0 aliphatic heterocycles. The van der Waals surface area contributed by atoms with Crippen LogP contribution in [0.25, 0.3) is 0 Å². The van der Waals surface area contributed by atoms with Crippen LogP contribution < -0.4 is 5.32 Å². The highest BCUT2D eigenvalue weighted by atomic mass is 32.2. The van der Waals surface area contributed by atoms with Crippen LogP contribution in [-0.4, -0.2) is 67.3 Å². The lowest BCUT2D eigenvalue weighted by Crippen LogP contribution is -2.62. The van der Waals surface area contributed by atoms with E-state index in [4.69, 9.17) is 0 Å². The molecule has 1 amide bonds. The first-order valence-electron chi connectivity index (χ1n) is 9.17. The van der Waals surface area contributed by atoms with Gasteiger partial charge in [-0.1, -0.05) is 13.5 Å². The average Bonchev–Trinajstić information content (AvgIpc) is 2.67. The fourth-order valence-electron chi connectivity index (χ4n) is 2.07. The van der Waals surface area contributed by atoms with Gasteiger partial charge in [-0.3, -0.25) is 4.79 Å². The predicted octanol–water partition coefficient (Wildman–Crippen LogP) is 3.39.